The van der Waals surface area contributed by atoms with Crippen LogP contribution in [0.1, 0.15) is 32.1 Å². The van der Waals surface area contributed by atoms with E-state index in [-0.39, 0.29) is 12.6 Å². The molecule has 0 aliphatic heterocycles. The molecule has 45 heavy (non-hydrogen) atoms. The number of nitrogens with zero attached hydrogens (tertiary/aromatic N) is 3. The summed E-state index contributed by atoms with van der Waals surface area (Å²) in [6.07, 6.45) is 5.54. The number of carbonyl (C=O) groups is 2. The Labute approximate surface area is 262 Å². The van der Waals surface area contributed by atoms with Gasteiger partial charge >= 0.3 is 5.97 Å². The second-order valence-electron chi connectivity index (χ2n) is 10.3. The molecule has 2 N–H and O–H groups in total. The number of carbonyl (C=O) groups excluding carboxylic acids is 2. The van der Waals surface area contributed by atoms with Crippen LogP contribution in [-0.4, -0.2) is 38.7 Å². The number of ether oxygens (including phenoxy) is 1. The number of fused-ring (bicyclic) bond motifs is 4. The Kier molecular flexibility index (Phi) is 7.59. The van der Waals surface area contributed by atoms with Crippen LogP contribution < -0.4 is 5.32 Å². The van der Waals surface area contributed by atoms with E-state index in [4.69, 9.17) is 9.84 Å². The van der Waals surface area contributed by atoms with E-state index >= 15 is 0 Å². The number of nitrogens with one attached hydrogen (secondary N) is 2. The Hall–Kier alpha value is -5.67. The summed E-state index contributed by atoms with van der Waals surface area (Å²) >= 11 is 1.48. The van der Waals surface area contributed by atoms with Crippen LogP contribution in [0.2, 0.25) is 0 Å². The van der Waals surface area contributed by atoms with Gasteiger partial charge in [-0.25, -0.2) is 9.48 Å². The van der Waals surface area contributed by atoms with Gasteiger partial charge in [0, 0.05) is 50.2 Å². The van der Waals surface area contributed by atoms with Crippen molar-refractivity contribution in [3.8, 4) is 0 Å². The van der Waals surface area contributed by atoms with Crippen LogP contribution >= 0.6 is 11.8 Å². The molecule has 0 unspecified atom stereocenters. The van der Waals surface area contributed by atoms with Crippen LogP contribution in [0.15, 0.2) is 119 Å². The molecular formula is C36H27N5O3S. The summed E-state index contributed by atoms with van der Waals surface area (Å²) in [7, 11) is 1.62. The van der Waals surface area contributed by atoms with Gasteiger partial charge in [-0.3, -0.25) is 9.78 Å². The lowest BCUT2D eigenvalue weighted by molar-refractivity contribution is 0.0358. The fourth-order valence-corrected chi connectivity index (χ4v) is 6.26. The van der Waals surface area contributed by atoms with E-state index in [1.165, 1.54) is 11.8 Å². The summed E-state index contributed by atoms with van der Waals surface area (Å²) in [6, 6.07) is 32.7. The molecular weight excluding hydrogens is 582 g/mol. The molecule has 0 radical (unpaired) electrons. The molecule has 4 aromatic carbocycles. The van der Waals surface area contributed by atoms with Crippen molar-refractivity contribution in [1.82, 2.24) is 25.1 Å². The van der Waals surface area contributed by atoms with Crippen LogP contribution in [0, 0.1) is 0 Å². The van der Waals surface area contributed by atoms with E-state index in [2.05, 4.69) is 15.3 Å². The molecule has 1 amide bonds. The first-order valence-electron chi connectivity index (χ1n) is 14.3. The third-order valence-corrected chi connectivity index (χ3v) is 8.56. The molecule has 7 aromatic rings. The summed E-state index contributed by atoms with van der Waals surface area (Å²) in [5, 5.41) is 10.4. The smallest absolute Gasteiger partial charge is 0.339 e. The first-order chi connectivity index (χ1) is 22.1. The molecule has 0 aliphatic rings. The van der Waals surface area contributed by atoms with Gasteiger partial charge in [0.15, 0.2) is 6.73 Å². The standard InChI is InChI=1S/C36H27N5O3S/c1-37-35(42)28-10-3-5-12-34(28)45-25-15-16-27-32(18-14-24-8-6-7-19-38-24)40-41(33(27)21-25)22-44-36(43)23-13-17-31-29(20-23)26-9-2-4-11-30(26)39-31/h2-21,39H,22H2,1H3,(H,37,42)/b18-14+. The van der Waals surface area contributed by atoms with Crippen molar-refractivity contribution < 1.29 is 14.3 Å². The zero-order valence-corrected chi connectivity index (χ0v) is 25.0. The Balaban J connectivity index is 1.21. The van der Waals surface area contributed by atoms with Crippen LogP contribution in [0.25, 0.3) is 44.9 Å². The van der Waals surface area contributed by atoms with Crippen molar-refractivity contribution in [2.75, 3.05) is 7.05 Å². The second-order valence-corrected chi connectivity index (χ2v) is 11.4. The monoisotopic (exact) mass is 609 g/mol. The number of aromatic amines is 1. The molecule has 0 aliphatic carbocycles. The SMILES string of the molecule is CNC(=O)c1ccccc1Sc1ccc2c(/C=C/c3ccccn3)nn(COC(=O)c3ccc4[nH]c5ccccc5c4c3)c2c1. The summed E-state index contributed by atoms with van der Waals surface area (Å²) < 4.78 is 7.50. The Bertz CT molecular complexity index is 2240. The van der Waals surface area contributed by atoms with Crippen LogP contribution in [0.4, 0.5) is 0 Å². The molecule has 3 aromatic heterocycles. The minimum Gasteiger partial charge on any atom is -0.439 e. The molecule has 3 heterocycles. The van der Waals surface area contributed by atoms with Crippen molar-refractivity contribution in [2.24, 2.45) is 0 Å². The fourth-order valence-electron chi connectivity index (χ4n) is 5.29. The largest absolute Gasteiger partial charge is 0.439 e. The quantitative estimate of drug-likeness (QED) is 0.172. The number of amides is 1. The first kappa shape index (κ1) is 28.1. The van der Waals surface area contributed by atoms with Gasteiger partial charge in [0.2, 0.25) is 0 Å². The minimum absolute atomic E-state index is 0.0817. The molecule has 0 fully saturated rings. The van der Waals surface area contributed by atoms with Gasteiger partial charge in [0.1, 0.15) is 0 Å². The maximum absolute atomic E-state index is 13.3. The van der Waals surface area contributed by atoms with E-state index in [0.29, 0.717) is 16.8 Å². The fraction of sp³-hybridized carbons (Fsp3) is 0.0556. The Morgan fingerprint density at radius 2 is 1.69 bits per heavy atom. The number of esters is 1. The second kappa shape index (κ2) is 12.1. The summed E-state index contributed by atoms with van der Waals surface area (Å²) in [6.45, 7) is -0.0817. The highest BCUT2D eigenvalue weighted by atomic mass is 32.2. The maximum atomic E-state index is 13.3. The summed E-state index contributed by atoms with van der Waals surface area (Å²) in [5.74, 6) is -0.592. The van der Waals surface area contributed by atoms with E-state index in [0.717, 1.165) is 48.2 Å². The Morgan fingerprint density at radius 3 is 2.56 bits per heavy atom. The molecule has 9 heteroatoms. The van der Waals surface area contributed by atoms with Gasteiger partial charge in [-0.2, -0.15) is 5.10 Å². The molecule has 8 nitrogen and oxygen atoms in total. The lowest BCUT2D eigenvalue weighted by Crippen LogP contribution is -2.18. The van der Waals surface area contributed by atoms with E-state index < -0.39 is 5.97 Å². The number of benzene rings is 4. The third kappa shape index (κ3) is 5.69. The van der Waals surface area contributed by atoms with Gasteiger partial charge in [0.05, 0.1) is 28.0 Å². The first-order valence-corrected chi connectivity index (χ1v) is 15.2. The topological polar surface area (TPSA) is 102 Å². The molecule has 0 atom stereocenters. The predicted octanol–water partition coefficient (Wildman–Crippen LogP) is 7.56. The van der Waals surface area contributed by atoms with Gasteiger partial charge in [0.25, 0.3) is 5.91 Å². The molecule has 0 bridgehead atoms. The number of H-pyrrole nitrogens is 1. The van der Waals surface area contributed by atoms with Crippen molar-refractivity contribution in [2.45, 2.75) is 16.5 Å². The predicted molar refractivity (Wildman–Crippen MR) is 178 cm³/mol. The highest BCUT2D eigenvalue weighted by Crippen LogP contribution is 2.34. The van der Waals surface area contributed by atoms with Crippen molar-refractivity contribution in [3.05, 3.63) is 132 Å². The van der Waals surface area contributed by atoms with Crippen LogP contribution in [0.5, 0.6) is 0 Å². The highest BCUT2D eigenvalue weighted by Gasteiger charge is 2.16. The number of para-hydroxylation sites is 1. The van der Waals surface area contributed by atoms with Gasteiger partial charge in [-0.15, -0.1) is 0 Å². The zero-order chi connectivity index (χ0) is 30.8. The lowest BCUT2D eigenvalue weighted by atomic mass is 10.1. The molecule has 0 saturated heterocycles. The number of rotatable bonds is 8. The third-order valence-electron chi connectivity index (χ3n) is 7.50. The zero-order valence-electron chi connectivity index (χ0n) is 24.2. The van der Waals surface area contributed by atoms with Gasteiger partial charge in [-0.05, 0) is 78.9 Å². The van der Waals surface area contributed by atoms with Crippen LogP contribution in [0.3, 0.4) is 0 Å². The van der Waals surface area contributed by atoms with Crippen LogP contribution in [-0.2, 0) is 11.5 Å². The number of hydrogen-bond donors (Lipinski definition) is 2. The van der Waals surface area contributed by atoms with Gasteiger partial charge in [-0.1, -0.05) is 48.2 Å². The van der Waals surface area contributed by atoms with Crippen molar-refractivity contribution in [1.29, 1.82) is 0 Å². The van der Waals surface area contributed by atoms with Crippen molar-refractivity contribution in [3.63, 3.8) is 0 Å². The van der Waals surface area contributed by atoms with E-state index in [1.54, 1.807) is 30.1 Å². The van der Waals surface area contributed by atoms with Crippen molar-refractivity contribution >= 4 is 68.5 Å². The average molecular weight is 610 g/mol. The Morgan fingerprint density at radius 1 is 0.867 bits per heavy atom. The number of aromatic nitrogens is 4. The number of hydrogen-bond acceptors (Lipinski definition) is 6. The molecule has 7 rings (SSSR count). The highest BCUT2D eigenvalue weighted by molar-refractivity contribution is 7.99. The van der Waals surface area contributed by atoms with E-state index in [1.807, 2.05) is 103 Å². The molecule has 0 spiro atoms. The lowest BCUT2D eigenvalue weighted by Gasteiger charge is -2.09. The number of pyridine rings is 1. The normalized spacial score (nSPS) is 11.5. The summed E-state index contributed by atoms with van der Waals surface area (Å²) in [4.78, 5) is 35.2. The van der Waals surface area contributed by atoms with E-state index in [9.17, 15) is 9.59 Å². The maximum Gasteiger partial charge on any atom is 0.339 e. The average Bonchev–Trinajstić information content (AvgIpc) is 3.63. The van der Waals surface area contributed by atoms with Gasteiger partial charge < -0.3 is 15.0 Å². The summed E-state index contributed by atoms with van der Waals surface area (Å²) in [5.41, 5.74) is 5.33. The molecule has 0 saturated carbocycles. The minimum atomic E-state index is -0.443. The molecule has 220 valence electrons.